The van der Waals surface area contributed by atoms with E-state index < -0.39 is 0 Å². The predicted octanol–water partition coefficient (Wildman–Crippen LogP) is 3.59. The Morgan fingerprint density at radius 2 is 1.94 bits per heavy atom. The minimum atomic E-state index is -0.271. The lowest BCUT2D eigenvalue weighted by atomic mass is 9.98. The van der Waals surface area contributed by atoms with Crippen LogP contribution in [0.1, 0.15) is 38.0 Å². The van der Waals surface area contributed by atoms with Gasteiger partial charge in [-0.1, -0.05) is 6.08 Å². The topological polar surface area (TPSA) is 27.7 Å². The summed E-state index contributed by atoms with van der Waals surface area (Å²) in [5.74, 6) is 1.65. The van der Waals surface area contributed by atoms with Crippen LogP contribution in [0.4, 0.5) is 0 Å². The zero-order valence-corrected chi connectivity index (χ0v) is 11.6. The first kappa shape index (κ1) is 13.0. The minimum Gasteiger partial charge on any atom is -0.496 e. The molecule has 0 unspecified atom stereocenters. The van der Waals surface area contributed by atoms with Gasteiger partial charge in [0, 0.05) is 24.3 Å². The second kappa shape index (κ2) is 4.65. The number of methoxy groups -OCH3 is 2. The molecule has 3 nitrogen and oxygen atoms in total. The highest BCUT2D eigenvalue weighted by molar-refractivity contribution is 5.64. The summed E-state index contributed by atoms with van der Waals surface area (Å²) in [4.78, 5) is 0. The van der Waals surface area contributed by atoms with Crippen molar-refractivity contribution in [3.05, 3.63) is 29.3 Å². The molecule has 1 aliphatic heterocycles. The Kier molecular flexibility index (Phi) is 3.35. The van der Waals surface area contributed by atoms with E-state index in [1.54, 1.807) is 14.2 Å². The van der Waals surface area contributed by atoms with Crippen LogP contribution in [0.5, 0.6) is 11.5 Å². The highest BCUT2D eigenvalue weighted by Gasteiger charge is 2.24. The Bertz CT molecular complexity index is 475. The van der Waals surface area contributed by atoms with Gasteiger partial charge in [-0.2, -0.15) is 0 Å². The van der Waals surface area contributed by atoms with Gasteiger partial charge in [0.05, 0.1) is 13.2 Å². The number of benzene rings is 1. The molecule has 1 heterocycles. The van der Waals surface area contributed by atoms with E-state index in [4.69, 9.17) is 14.2 Å². The summed E-state index contributed by atoms with van der Waals surface area (Å²) in [5.41, 5.74) is 1.83. The van der Waals surface area contributed by atoms with E-state index in [0.717, 1.165) is 22.6 Å². The van der Waals surface area contributed by atoms with E-state index in [1.165, 1.54) is 0 Å². The summed E-state index contributed by atoms with van der Waals surface area (Å²) in [5, 5.41) is 0. The highest BCUT2D eigenvalue weighted by atomic mass is 16.5. The van der Waals surface area contributed by atoms with Crippen molar-refractivity contribution in [2.45, 2.75) is 32.5 Å². The van der Waals surface area contributed by atoms with Crippen LogP contribution in [0.25, 0.3) is 6.08 Å². The van der Waals surface area contributed by atoms with Crippen molar-refractivity contribution in [2.75, 3.05) is 14.2 Å². The van der Waals surface area contributed by atoms with Crippen LogP contribution < -0.4 is 9.47 Å². The van der Waals surface area contributed by atoms with E-state index >= 15 is 0 Å². The SMILES string of the molecule is COc1cc2c(cc1[C@H](C)OC)C=CC(C)(C)O2. The first-order valence-corrected chi connectivity index (χ1v) is 6.10. The molecule has 0 aliphatic carbocycles. The van der Waals surface area contributed by atoms with Gasteiger partial charge in [-0.25, -0.2) is 0 Å². The second-order valence-electron chi connectivity index (χ2n) is 5.05. The van der Waals surface area contributed by atoms with Gasteiger partial charge in [0.15, 0.2) is 0 Å². The van der Waals surface area contributed by atoms with Crippen molar-refractivity contribution in [3.63, 3.8) is 0 Å². The van der Waals surface area contributed by atoms with Crippen molar-refractivity contribution in [1.82, 2.24) is 0 Å². The summed E-state index contributed by atoms with van der Waals surface area (Å²) in [6, 6.07) is 4.00. The van der Waals surface area contributed by atoms with E-state index in [0.29, 0.717) is 0 Å². The molecular weight excluding hydrogens is 228 g/mol. The lowest BCUT2D eigenvalue weighted by Crippen LogP contribution is -2.27. The summed E-state index contributed by atoms with van der Waals surface area (Å²) >= 11 is 0. The molecule has 0 N–H and O–H groups in total. The van der Waals surface area contributed by atoms with Crippen LogP contribution in [0.2, 0.25) is 0 Å². The fraction of sp³-hybridized carbons (Fsp3) is 0.467. The fourth-order valence-corrected chi connectivity index (χ4v) is 2.04. The molecule has 2 rings (SSSR count). The van der Waals surface area contributed by atoms with Gasteiger partial charge in [0.25, 0.3) is 0 Å². The normalized spacial score (nSPS) is 17.8. The van der Waals surface area contributed by atoms with Crippen LogP contribution in [-0.2, 0) is 4.74 Å². The third-order valence-electron chi connectivity index (χ3n) is 3.19. The van der Waals surface area contributed by atoms with Crippen molar-refractivity contribution in [1.29, 1.82) is 0 Å². The van der Waals surface area contributed by atoms with Gasteiger partial charge in [-0.3, -0.25) is 0 Å². The molecular formula is C15H20O3. The molecule has 0 spiro atoms. The number of hydrogen-bond donors (Lipinski definition) is 0. The summed E-state index contributed by atoms with van der Waals surface area (Å²) in [7, 11) is 3.36. The number of ether oxygens (including phenoxy) is 3. The molecule has 0 bridgehead atoms. The van der Waals surface area contributed by atoms with E-state index in [9.17, 15) is 0 Å². The van der Waals surface area contributed by atoms with Gasteiger partial charge < -0.3 is 14.2 Å². The Hall–Kier alpha value is -1.48. The average molecular weight is 248 g/mol. The van der Waals surface area contributed by atoms with Crippen LogP contribution in [-0.4, -0.2) is 19.8 Å². The molecule has 0 saturated heterocycles. The number of fused-ring (bicyclic) bond motifs is 1. The number of rotatable bonds is 3. The standard InChI is InChI=1S/C15H20O3/c1-10(16-4)12-8-11-6-7-15(2,3)18-13(11)9-14(12)17-5/h6-10H,1-5H3/t10-/m0/s1. The van der Waals surface area contributed by atoms with Gasteiger partial charge in [0.2, 0.25) is 0 Å². The monoisotopic (exact) mass is 248 g/mol. The summed E-state index contributed by atoms with van der Waals surface area (Å²) in [6.45, 7) is 6.07. The zero-order valence-electron chi connectivity index (χ0n) is 11.6. The average Bonchev–Trinajstić information content (AvgIpc) is 2.35. The first-order chi connectivity index (χ1) is 8.46. The molecule has 98 valence electrons. The molecule has 0 amide bonds. The molecule has 1 aliphatic rings. The van der Waals surface area contributed by atoms with E-state index in [1.807, 2.05) is 26.8 Å². The maximum absolute atomic E-state index is 5.92. The largest absolute Gasteiger partial charge is 0.496 e. The van der Waals surface area contributed by atoms with Crippen molar-refractivity contribution >= 4 is 6.08 Å². The lowest BCUT2D eigenvalue weighted by Gasteiger charge is -2.29. The molecule has 3 heteroatoms. The zero-order chi connectivity index (χ0) is 13.3. The molecule has 0 aromatic heterocycles. The third-order valence-corrected chi connectivity index (χ3v) is 3.19. The van der Waals surface area contributed by atoms with Gasteiger partial charge >= 0.3 is 0 Å². The molecule has 18 heavy (non-hydrogen) atoms. The smallest absolute Gasteiger partial charge is 0.131 e. The van der Waals surface area contributed by atoms with Crippen molar-refractivity contribution in [3.8, 4) is 11.5 Å². The Balaban J connectivity index is 2.49. The molecule has 1 atom stereocenters. The minimum absolute atomic E-state index is 0.00594. The fourth-order valence-electron chi connectivity index (χ4n) is 2.04. The van der Waals surface area contributed by atoms with Crippen LogP contribution in [0, 0.1) is 0 Å². The second-order valence-corrected chi connectivity index (χ2v) is 5.05. The summed E-state index contributed by atoms with van der Waals surface area (Å²) in [6.07, 6.45) is 4.14. The quantitative estimate of drug-likeness (QED) is 0.818. The van der Waals surface area contributed by atoms with Crippen molar-refractivity contribution < 1.29 is 14.2 Å². The third kappa shape index (κ3) is 2.36. The molecule has 0 radical (unpaired) electrons. The van der Waals surface area contributed by atoms with E-state index in [-0.39, 0.29) is 11.7 Å². The Morgan fingerprint density at radius 1 is 1.22 bits per heavy atom. The van der Waals surface area contributed by atoms with E-state index in [2.05, 4.69) is 18.2 Å². The molecule has 0 saturated carbocycles. The lowest BCUT2D eigenvalue weighted by molar-refractivity contribution is 0.116. The van der Waals surface area contributed by atoms with Crippen molar-refractivity contribution in [2.24, 2.45) is 0 Å². The van der Waals surface area contributed by atoms with Crippen LogP contribution in [0.15, 0.2) is 18.2 Å². The van der Waals surface area contributed by atoms with Gasteiger partial charge in [-0.15, -0.1) is 0 Å². The number of hydrogen-bond acceptors (Lipinski definition) is 3. The van der Waals surface area contributed by atoms with Crippen LogP contribution >= 0.6 is 0 Å². The van der Waals surface area contributed by atoms with Gasteiger partial charge in [0.1, 0.15) is 17.1 Å². The Morgan fingerprint density at radius 3 is 2.56 bits per heavy atom. The molecule has 1 aromatic rings. The van der Waals surface area contributed by atoms with Crippen LogP contribution in [0.3, 0.4) is 0 Å². The highest BCUT2D eigenvalue weighted by Crippen LogP contribution is 2.38. The maximum Gasteiger partial charge on any atom is 0.131 e. The summed E-state index contributed by atoms with van der Waals surface area (Å²) < 4.78 is 16.7. The maximum atomic E-state index is 5.92. The molecule has 0 fully saturated rings. The predicted molar refractivity (Wildman–Crippen MR) is 72.2 cm³/mol. The molecule has 1 aromatic carbocycles. The van der Waals surface area contributed by atoms with Gasteiger partial charge in [-0.05, 0) is 32.9 Å². The first-order valence-electron chi connectivity index (χ1n) is 6.10. The Labute approximate surface area is 108 Å².